The molecule has 5 heteroatoms. The van der Waals surface area contributed by atoms with Crippen molar-refractivity contribution < 1.29 is 4.42 Å². The fourth-order valence-corrected chi connectivity index (χ4v) is 9.63. The largest absolute Gasteiger partial charge is 0.455 e. The average Bonchev–Trinajstić information content (AvgIpc) is 3.84. The number of fused-ring (bicyclic) bond motifs is 10. The van der Waals surface area contributed by atoms with Gasteiger partial charge >= 0.3 is 0 Å². The van der Waals surface area contributed by atoms with Crippen molar-refractivity contribution in [3.8, 4) is 45.3 Å². The Kier molecular flexibility index (Phi) is 6.76. The zero-order valence-corrected chi connectivity index (χ0v) is 30.7. The van der Waals surface area contributed by atoms with Gasteiger partial charge in [-0.25, -0.2) is 15.0 Å². The SMILES string of the molecule is c1ccc2cc(-c3nc(-c4ccc5ccccc5c4)nc(-c4cccc5oc6c(-c7cc8sc9ccccc9c8c8ccccc78)cccc6c45)n3)ccc2c1. The van der Waals surface area contributed by atoms with Gasteiger partial charge in [-0.1, -0.05) is 146 Å². The highest BCUT2D eigenvalue weighted by atomic mass is 32.1. The maximum atomic E-state index is 6.88. The van der Waals surface area contributed by atoms with E-state index in [-0.39, 0.29) is 0 Å². The molecule has 0 saturated heterocycles. The van der Waals surface area contributed by atoms with Gasteiger partial charge in [-0.05, 0) is 68.2 Å². The van der Waals surface area contributed by atoms with Crippen molar-refractivity contribution >= 4 is 85.8 Å². The number of para-hydroxylation sites is 1. The minimum atomic E-state index is 0.599. The van der Waals surface area contributed by atoms with E-state index in [1.165, 1.54) is 41.7 Å². The van der Waals surface area contributed by atoms with Crippen LogP contribution in [0.2, 0.25) is 0 Å². The van der Waals surface area contributed by atoms with E-state index < -0.39 is 0 Å². The second-order valence-electron chi connectivity index (χ2n) is 14.3. The molecule has 0 N–H and O–H groups in total. The summed E-state index contributed by atoms with van der Waals surface area (Å²) >= 11 is 1.84. The van der Waals surface area contributed by atoms with Gasteiger partial charge in [0.1, 0.15) is 11.2 Å². The van der Waals surface area contributed by atoms with Crippen LogP contribution in [0.5, 0.6) is 0 Å². The highest BCUT2D eigenvalue weighted by molar-refractivity contribution is 7.26. The zero-order chi connectivity index (χ0) is 36.7. The van der Waals surface area contributed by atoms with Crippen molar-refractivity contribution in [2.75, 3.05) is 0 Å². The minimum absolute atomic E-state index is 0.599. The van der Waals surface area contributed by atoms with Crippen LogP contribution in [0.1, 0.15) is 0 Å². The first kappa shape index (κ1) is 31.2. The predicted molar refractivity (Wildman–Crippen MR) is 234 cm³/mol. The van der Waals surface area contributed by atoms with E-state index in [0.29, 0.717) is 17.5 Å². The molecule has 0 atom stereocenters. The minimum Gasteiger partial charge on any atom is -0.455 e. The molecule has 0 aliphatic carbocycles. The molecule has 56 heavy (non-hydrogen) atoms. The molecule has 0 fully saturated rings. The van der Waals surface area contributed by atoms with Crippen molar-refractivity contribution in [1.82, 2.24) is 15.0 Å². The molecule has 4 nitrogen and oxygen atoms in total. The molecule has 12 aromatic rings. The molecule has 0 aliphatic heterocycles. The number of nitrogens with zero attached hydrogens (tertiary/aromatic N) is 3. The maximum Gasteiger partial charge on any atom is 0.164 e. The Morgan fingerprint density at radius 3 is 1.66 bits per heavy atom. The van der Waals surface area contributed by atoms with Crippen LogP contribution in [0.25, 0.3) is 120 Å². The normalized spacial score (nSPS) is 11.9. The zero-order valence-electron chi connectivity index (χ0n) is 29.9. The summed E-state index contributed by atoms with van der Waals surface area (Å²) in [6, 6.07) is 62.0. The Bertz CT molecular complexity index is 3460. The molecule has 3 heterocycles. The molecular formula is C51H29N3OS. The third-order valence-corrected chi connectivity index (χ3v) is 12.2. The molecule has 0 radical (unpaired) electrons. The summed E-state index contributed by atoms with van der Waals surface area (Å²) < 4.78 is 9.44. The second-order valence-corrected chi connectivity index (χ2v) is 15.4. The number of thiophene rings is 1. The van der Waals surface area contributed by atoms with E-state index in [0.717, 1.165) is 60.5 Å². The molecule has 0 amide bonds. The van der Waals surface area contributed by atoms with E-state index in [1.54, 1.807) is 0 Å². The van der Waals surface area contributed by atoms with Crippen LogP contribution in [0.3, 0.4) is 0 Å². The molecule has 9 aromatic carbocycles. The van der Waals surface area contributed by atoms with Gasteiger partial charge in [0.25, 0.3) is 0 Å². The quantitative estimate of drug-likeness (QED) is 0.181. The van der Waals surface area contributed by atoms with Crippen molar-refractivity contribution in [3.05, 3.63) is 176 Å². The molecular weight excluding hydrogens is 703 g/mol. The Labute approximate surface area is 325 Å². The molecule has 0 spiro atoms. The van der Waals surface area contributed by atoms with E-state index >= 15 is 0 Å². The molecule has 0 saturated carbocycles. The monoisotopic (exact) mass is 731 g/mol. The van der Waals surface area contributed by atoms with Crippen LogP contribution in [-0.2, 0) is 0 Å². The van der Waals surface area contributed by atoms with Gasteiger partial charge in [0, 0.05) is 53.2 Å². The van der Waals surface area contributed by atoms with E-state index in [9.17, 15) is 0 Å². The highest BCUT2D eigenvalue weighted by Gasteiger charge is 2.21. The standard InChI is InChI=1S/C51H29N3OS/c1-3-13-32-27-34(25-23-30(32)11-1)49-52-50(35-26-24-31-12-2-4-14-33(31)28-35)54-51(53-49)41-20-10-21-43-46(41)40-19-9-18-38(48(40)55-43)42-29-45-47(37-16-6-5-15-36(37)42)39-17-7-8-22-44(39)56-45/h1-29H. The Morgan fingerprint density at radius 2 is 0.929 bits per heavy atom. The van der Waals surface area contributed by atoms with Gasteiger partial charge in [-0.2, -0.15) is 0 Å². The average molecular weight is 732 g/mol. The van der Waals surface area contributed by atoms with E-state index in [2.05, 4.69) is 164 Å². The molecule has 0 bridgehead atoms. The highest BCUT2D eigenvalue weighted by Crippen LogP contribution is 2.46. The third kappa shape index (κ3) is 4.81. The van der Waals surface area contributed by atoms with Crippen molar-refractivity contribution in [1.29, 1.82) is 0 Å². The van der Waals surface area contributed by atoms with Crippen LogP contribution in [-0.4, -0.2) is 15.0 Å². The third-order valence-electron chi connectivity index (χ3n) is 11.1. The molecule has 0 unspecified atom stereocenters. The second kappa shape index (κ2) is 12.2. The topological polar surface area (TPSA) is 51.8 Å². The number of hydrogen-bond acceptors (Lipinski definition) is 5. The van der Waals surface area contributed by atoms with Crippen molar-refractivity contribution in [3.63, 3.8) is 0 Å². The fourth-order valence-electron chi connectivity index (χ4n) is 8.47. The smallest absolute Gasteiger partial charge is 0.164 e. The van der Waals surface area contributed by atoms with Gasteiger partial charge in [0.05, 0.1) is 0 Å². The molecule has 0 aliphatic rings. The Hall–Kier alpha value is -7.21. The van der Waals surface area contributed by atoms with Crippen molar-refractivity contribution in [2.45, 2.75) is 0 Å². The van der Waals surface area contributed by atoms with Gasteiger partial charge < -0.3 is 4.42 Å². The first-order valence-corrected chi connectivity index (χ1v) is 19.6. The lowest BCUT2D eigenvalue weighted by Crippen LogP contribution is -2.00. The summed E-state index contributed by atoms with van der Waals surface area (Å²) in [4.78, 5) is 15.6. The Balaban J connectivity index is 1.10. The van der Waals surface area contributed by atoms with Gasteiger partial charge in [-0.15, -0.1) is 11.3 Å². The summed E-state index contributed by atoms with van der Waals surface area (Å²) in [7, 11) is 0. The van der Waals surface area contributed by atoms with Gasteiger partial charge in [-0.3, -0.25) is 0 Å². The maximum absolute atomic E-state index is 6.88. The Morgan fingerprint density at radius 1 is 0.357 bits per heavy atom. The lowest BCUT2D eigenvalue weighted by molar-refractivity contribution is 0.670. The van der Waals surface area contributed by atoms with Gasteiger partial charge in [0.2, 0.25) is 0 Å². The van der Waals surface area contributed by atoms with Crippen LogP contribution in [0, 0.1) is 0 Å². The predicted octanol–water partition coefficient (Wildman–Crippen LogP) is 14.3. The first-order chi connectivity index (χ1) is 27.7. The van der Waals surface area contributed by atoms with Gasteiger partial charge in [0.15, 0.2) is 17.5 Å². The summed E-state index contributed by atoms with van der Waals surface area (Å²) in [5.41, 5.74) is 6.62. The summed E-state index contributed by atoms with van der Waals surface area (Å²) in [6.07, 6.45) is 0. The summed E-state index contributed by atoms with van der Waals surface area (Å²) in [5.74, 6) is 1.84. The molecule has 260 valence electrons. The van der Waals surface area contributed by atoms with Crippen LogP contribution in [0.15, 0.2) is 180 Å². The molecule has 12 rings (SSSR count). The van der Waals surface area contributed by atoms with E-state index in [4.69, 9.17) is 19.4 Å². The molecule has 3 aromatic heterocycles. The van der Waals surface area contributed by atoms with E-state index in [1.807, 2.05) is 23.5 Å². The number of benzene rings is 9. The van der Waals surface area contributed by atoms with Crippen LogP contribution in [0.4, 0.5) is 0 Å². The lowest BCUT2D eigenvalue weighted by atomic mass is 9.93. The fraction of sp³-hybridized carbons (Fsp3) is 0. The number of hydrogen-bond donors (Lipinski definition) is 0. The summed E-state index contributed by atoms with van der Waals surface area (Å²) in [6.45, 7) is 0. The number of aromatic nitrogens is 3. The van der Waals surface area contributed by atoms with Crippen molar-refractivity contribution in [2.24, 2.45) is 0 Å². The number of rotatable bonds is 4. The number of furan rings is 1. The lowest BCUT2D eigenvalue weighted by Gasteiger charge is -2.11. The first-order valence-electron chi connectivity index (χ1n) is 18.8. The summed E-state index contributed by atoms with van der Waals surface area (Å²) in [5, 5.41) is 11.7. The van der Waals surface area contributed by atoms with Crippen LogP contribution < -0.4 is 0 Å². The van der Waals surface area contributed by atoms with Crippen LogP contribution >= 0.6 is 11.3 Å².